The largest absolute Gasteiger partial charge is 0.381 e. The van der Waals surface area contributed by atoms with Crippen LogP contribution in [0.2, 0.25) is 0 Å². The fourth-order valence-electron chi connectivity index (χ4n) is 3.88. The molecule has 1 aliphatic heterocycles. The standard InChI is InChI=1S/C16H20N2OS2/c1-16(2)13(10-6-7-19-14(10)16)17-9-4-5-11-12(8-9)21-15(18-11)20-3/h4-5,8,10,13-14,17H,6-7H2,1-3H3. The molecule has 112 valence electrons. The minimum Gasteiger partial charge on any atom is -0.381 e. The molecule has 0 bridgehead atoms. The van der Waals surface area contributed by atoms with E-state index in [1.54, 1.807) is 23.1 Å². The van der Waals surface area contributed by atoms with E-state index >= 15 is 0 Å². The van der Waals surface area contributed by atoms with Crippen LogP contribution in [-0.2, 0) is 4.74 Å². The number of rotatable bonds is 3. The van der Waals surface area contributed by atoms with Crippen molar-refractivity contribution in [3.63, 3.8) is 0 Å². The van der Waals surface area contributed by atoms with Gasteiger partial charge in [-0.2, -0.15) is 0 Å². The summed E-state index contributed by atoms with van der Waals surface area (Å²) in [4.78, 5) is 4.60. The second kappa shape index (κ2) is 4.86. The van der Waals surface area contributed by atoms with E-state index < -0.39 is 0 Å². The molecule has 3 nitrogen and oxygen atoms in total. The minimum absolute atomic E-state index is 0.217. The summed E-state index contributed by atoms with van der Waals surface area (Å²) in [6.45, 7) is 5.55. The monoisotopic (exact) mass is 320 g/mol. The molecule has 1 saturated carbocycles. The predicted octanol–water partition coefficient (Wildman–Crippen LogP) is 4.24. The number of thiazole rings is 1. The van der Waals surface area contributed by atoms with E-state index in [1.807, 2.05) is 0 Å². The fraction of sp³-hybridized carbons (Fsp3) is 0.562. The smallest absolute Gasteiger partial charge is 0.150 e. The van der Waals surface area contributed by atoms with E-state index in [1.165, 1.54) is 16.8 Å². The van der Waals surface area contributed by atoms with Crippen LogP contribution < -0.4 is 5.32 Å². The average molecular weight is 320 g/mol. The number of benzene rings is 1. The van der Waals surface area contributed by atoms with Gasteiger partial charge in [0.2, 0.25) is 0 Å². The van der Waals surface area contributed by atoms with Gasteiger partial charge in [0, 0.05) is 29.7 Å². The Hall–Kier alpha value is -0.780. The van der Waals surface area contributed by atoms with Crippen molar-refractivity contribution in [2.45, 2.75) is 36.8 Å². The van der Waals surface area contributed by atoms with Crippen LogP contribution in [0.3, 0.4) is 0 Å². The lowest BCUT2D eigenvalue weighted by atomic mass is 9.57. The maximum absolute atomic E-state index is 5.87. The maximum atomic E-state index is 5.87. The van der Waals surface area contributed by atoms with Crippen molar-refractivity contribution in [1.82, 2.24) is 4.98 Å². The second-order valence-electron chi connectivity index (χ2n) is 6.55. The molecule has 0 amide bonds. The molecule has 1 aromatic heterocycles. The Morgan fingerprint density at radius 1 is 1.43 bits per heavy atom. The van der Waals surface area contributed by atoms with Crippen LogP contribution in [-0.4, -0.2) is 30.0 Å². The van der Waals surface area contributed by atoms with E-state index in [4.69, 9.17) is 4.74 Å². The van der Waals surface area contributed by atoms with Crippen molar-refractivity contribution in [3.05, 3.63) is 18.2 Å². The molecule has 21 heavy (non-hydrogen) atoms. The first-order valence-electron chi connectivity index (χ1n) is 7.42. The third kappa shape index (κ3) is 2.09. The zero-order chi connectivity index (χ0) is 14.6. The molecular weight excluding hydrogens is 300 g/mol. The Labute approximate surface area is 133 Å². The number of aromatic nitrogens is 1. The van der Waals surface area contributed by atoms with Gasteiger partial charge in [0.15, 0.2) is 4.34 Å². The molecular formula is C16H20N2OS2. The van der Waals surface area contributed by atoms with Gasteiger partial charge in [0.1, 0.15) is 0 Å². The molecule has 1 aromatic carbocycles. The number of hydrogen-bond acceptors (Lipinski definition) is 5. The first-order chi connectivity index (χ1) is 10.1. The summed E-state index contributed by atoms with van der Waals surface area (Å²) >= 11 is 3.48. The van der Waals surface area contributed by atoms with Gasteiger partial charge in [-0.15, -0.1) is 11.3 Å². The Balaban J connectivity index is 1.59. The number of nitrogens with one attached hydrogen (secondary N) is 1. The van der Waals surface area contributed by atoms with Crippen molar-refractivity contribution in [2.75, 3.05) is 18.2 Å². The molecule has 1 N–H and O–H groups in total. The summed E-state index contributed by atoms with van der Waals surface area (Å²) in [6, 6.07) is 7.04. The molecule has 2 aliphatic rings. The maximum Gasteiger partial charge on any atom is 0.150 e. The quantitative estimate of drug-likeness (QED) is 0.858. The van der Waals surface area contributed by atoms with Crippen LogP contribution >= 0.6 is 23.1 Å². The zero-order valence-corrected chi connectivity index (χ0v) is 14.2. The van der Waals surface area contributed by atoms with Crippen LogP contribution in [0.25, 0.3) is 10.2 Å². The summed E-state index contributed by atoms with van der Waals surface area (Å²) < 4.78 is 8.27. The third-order valence-electron chi connectivity index (χ3n) is 4.97. The van der Waals surface area contributed by atoms with E-state index in [2.05, 4.69) is 48.6 Å². The lowest BCUT2D eigenvalue weighted by Gasteiger charge is -2.55. The van der Waals surface area contributed by atoms with Crippen molar-refractivity contribution in [3.8, 4) is 0 Å². The van der Waals surface area contributed by atoms with Gasteiger partial charge in [-0.3, -0.25) is 0 Å². The first kappa shape index (κ1) is 13.9. The molecule has 0 spiro atoms. The topological polar surface area (TPSA) is 34.2 Å². The molecule has 1 saturated heterocycles. The molecule has 4 rings (SSSR count). The number of hydrogen-bond donors (Lipinski definition) is 1. The summed E-state index contributed by atoms with van der Waals surface area (Å²) in [7, 11) is 0. The Morgan fingerprint density at radius 3 is 3.10 bits per heavy atom. The van der Waals surface area contributed by atoms with Crippen LogP contribution in [0.5, 0.6) is 0 Å². The lowest BCUT2D eigenvalue weighted by molar-refractivity contribution is -0.0923. The Bertz CT molecular complexity index is 682. The van der Waals surface area contributed by atoms with E-state index in [0.717, 1.165) is 16.5 Å². The second-order valence-corrected chi connectivity index (χ2v) is 8.64. The van der Waals surface area contributed by atoms with E-state index in [-0.39, 0.29) is 5.41 Å². The van der Waals surface area contributed by atoms with Gasteiger partial charge < -0.3 is 10.1 Å². The van der Waals surface area contributed by atoms with Gasteiger partial charge in [-0.25, -0.2) is 4.98 Å². The number of anilines is 1. The molecule has 2 fully saturated rings. The Morgan fingerprint density at radius 2 is 2.29 bits per heavy atom. The highest BCUT2D eigenvalue weighted by Gasteiger charge is 2.59. The normalized spacial score (nSPS) is 30.1. The molecule has 0 radical (unpaired) electrons. The minimum atomic E-state index is 0.217. The fourth-order valence-corrected chi connectivity index (χ4v) is 5.41. The van der Waals surface area contributed by atoms with Gasteiger partial charge in [0.05, 0.1) is 16.3 Å². The van der Waals surface area contributed by atoms with Crippen LogP contribution in [0, 0.1) is 11.3 Å². The van der Waals surface area contributed by atoms with Crippen LogP contribution in [0.1, 0.15) is 20.3 Å². The third-order valence-corrected chi connectivity index (χ3v) is 6.97. The van der Waals surface area contributed by atoms with Crippen LogP contribution in [0.4, 0.5) is 5.69 Å². The SMILES string of the molecule is CSc1nc2ccc(NC3C4CCOC4C3(C)C)cc2s1. The number of thioether (sulfide) groups is 1. The number of ether oxygens (including phenoxy) is 1. The molecule has 3 unspecified atom stereocenters. The molecule has 2 heterocycles. The van der Waals surface area contributed by atoms with Gasteiger partial charge in [-0.05, 0) is 30.9 Å². The van der Waals surface area contributed by atoms with Crippen LogP contribution in [0.15, 0.2) is 22.5 Å². The average Bonchev–Trinajstić information content (AvgIpc) is 3.09. The van der Waals surface area contributed by atoms with Crippen molar-refractivity contribution in [2.24, 2.45) is 11.3 Å². The summed E-state index contributed by atoms with van der Waals surface area (Å²) in [5.74, 6) is 0.666. The summed E-state index contributed by atoms with van der Waals surface area (Å²) in [6.07, 6.45) is 3.70. The summed E-state index contributed by atoms with van der Waals surface area (Å²) in [5.41, 5.74) is 2.53. The summed E-state index contributed by atoms with van der Waals surface area (Å²) in [5, 5.41) is 3.75. The highest BCUT2D eigenvalue weighted by Crippen LogP contribution is 2.53. The lowest BCUT2D eigenvalue weighted by Crippen LogP contribution is -2.63. The first-order valence-corrected chi connectivity index (χ1v) is 9.46. The van der Waals surface area contributed by atoms with Crippen molar-refractivity contribution >= 4 is 39.0 Å². The Kier molecular flexibility index (Phi) is 3.21. The van der Waals surface area contributed by atoms with E-state index in [0.29, 0.717) is 18.1 Å². The van der Waals surface area contributed by atoms with Gasteiger partial charge >= 0.3 is 0 Å². The van der Waals surface area contributed by atoms with Crippen molar-refractivity contribution in [1.29, 1.82) is 0 Å². The molecule has 3 atom stereocenters. The highest BCUT2D eigenvalue weighted by atomic mass is 32.2. The van der Waals surface area contributed by atoms with Gasteiger partial charge in [-0.1, -0.05) is 25.6 Å². The molecule has 5 heteroatoms. The molecule has 2 aromatic rings. The molecule has 1 aliphatic carbocycles. The van der Waals surface area contributed by atoms with Gasteiger partial charge in [0.25, 0.3) is 0 Å². The zero-order valence-electron chi connectivity index (χ0n) is 12.6. The van der Waals surface area contributed by atoms with E-state index in [9.17, 15) is 0 Å². The number of fused-ring (bicyclic) bond motifs is 2. The predicted molar refractivity (Wildman–Crippen MR) is 90.4 cm³/mol. The highest BCUT2D eigenvalue weighted by molar-refractivity contribution is 8.00. The number of nitrogens with zero attached hydrogens (tertiary/aromatic N) is 1. The van der Waals surface area contributed by atoms with Crippen molar-refractivity contribution < 1.29 is 4.74 Å².